The topological polar surface area (TPSA) is 113 Å². The summed E-state index contributed by atoms with van der Waals surface area (Å²) in [6.45, 7) is -0.281. The minimum atomic E-state index is -4.79. The highest BCUT2D eigenvalue weighted by atomic mass is 19.4. The number of nitrogens with zero attached hydrogens (tertiary/aromatic N) is 2. The van der Waals surface area contributed by atoms with Crippen molar-refractivity contribution in [2.75, 3.05) is 33.1 Å². The number of ether oxygens (including phenoxy) is 5. The summed E-state index contributed by atoms with van der Waals surface area (Å²) in [6.07, 6.45) is -4.79. The van der Waals surface area contributed by atoms with Crippen molar-refractivity contribution < 1.29 is 46.8 Å². The Bertz CT molecular complexity index is 1160. The molecule has 1 aromatic heterocycles. The van der Waals surface area contributed by atoms with E-state index in [2.05, 4.69) is 15.2 Å². The third kappa shape index (κ3) is 6.77. The van der Waals surface area contributed by atoms with E-state index in [4.69, 9.17) is 18.9 Å². The average Bonchev–Trinajstić information content (AvgIpc) is 3.15. The van der Waals surface area contributed by atoms with Crippen LogP contribution in [-0.2, 0) is 16.5 Å². The van der Waals surface area contributed by atoms with Crippen molar-refractivity contribution in [1.29, 1.82) is 0 Å². The monoisotopic (exact) mass is 497 g/mol. The van der Waals surface area contributed by atoms with E-state index in [0.29, 0.717) is 17.1 Å². The fourth-order valence-corrected chi connectivity index (χ4v) is 3.05. The van der Waals surface area contributed by atoms with Gasteiger partial charge in [0.1, 0.15) is 28.6 Å². The lowest BCUT2D eigenvalue weighted by molar-refractivity contribution is -0.274. The SMILES string of the molecule is COCOc1cc(Nc2cc(-c3ccc(OC(F)(F)F)cc3)nn2C)c(C(=O)O)c(OCOC)c1. The van der Waals surface area contributed by atoms with Gasteiger partial charge in [-0.25, -0.2) is 4.79 Å². The van der Waals surface area contributed by atoms with Crippen LogP contribution in [0.2, 0.25) is 0 Å². The van der Waals surface area contributed by atoms with E-state index in [0.717, 1.165) is 0 Å². The number of hydrogen-bond donors (Lipinski definition) is 2. The molecule has 0 bridgehead atoms. The summed E-state index contributed by atoms with van der Waals surface area (Å²) in [5.41, 5.74) is 0.903. The molecule has 0 atom stereocenters. The van der Waals surface area contributed by atoms with Crippen molar-refractivity contribution >= 4 is 17.5 Å². The molecule has 0 saturated heterocycles. The van der Waals surface area contributed by atoms with E-state index >= 15 is 0 Å². The van der Waals surface area contributed by atoms with Crippen molar-refractivity contribution in [2.45, 2.75) is 6.36 Å². The number of carboxylic acid groups (broad SMARTS) is 1. The number of hydrogen-bond acceptors (Lipinski definition) is 8. The first-order valence-electron chi connectivity index (χ1n) is 9.93. The number of methoxy groups -OCH3 is 2. The molecule has 0 aliphatic rings. The fourth-order valence-electron chi connectivity index (χ4n) is 3.05. The summed E-state index contributed by atoms with van der Waals surface area (Å²) < 4.78 is 63.1. The van der Waals surface area contributed by atoms with Crippen molar-refractivity contribution in [1.82, 2.24) is 9.78 Å². The molecule has 35 heavy (non-hydrogen) atoms. The number of halogens is 3. The summed E-state index contributed by atoms with van der Waals surface area (Å²) in [5.74, 6) is -0.969. The Morgan fingerprint density at radius 2 is 1.69 bits per heavy atom. The van der Waals surface area contributed by atoms with Crippen LogP contribution in [0.5, 0.6) is 17.2 Å². The van der Waals surface area contributed by atoms with Gasteiger partial charge >= 0.3 is 12.3 Å². The van der Waals surface area contributed by atoms with E-state index in [-0.39, 0.29) is 42.1 Å². The molecule has 0 fully saturated rings. The van der Waals surface area contributed by atoms with E-state index in [1.54, 1.807) is 13.1 Å². The highest BCUT2D eigenvalue weighted by molar-refractivity contribution is 5.98. The summed E-state index contributed by atoms with van der Waals surface area (Å²) in [4.78, 5) is 12.0. The largest absolute Gasteiger partial charge is 0.573 e. The van der Waals surface area contributed by atoms with Gasteiger partial charge in [-0.1, -0.05) is 0 Å². The molecule has 0 aliphatic heterocycles. The number of carboxylic acids is 1. The molecule has 3 rings (SSSR count). The standard InChI is InChI=1S/C22H22F3N3O7/c1-28-19(10-16(27-28)13-4-6-14(7-5-13)35-22(23,24)25)26-17-8-15(33-11-31-2)9-18(34-12-32-3)20(17)21(29)30/h4-10,26H,11-12H2,1-3H3,(H,29,30). The normalized spacial score (nSPS) is 11.3. The van der Waals surface area contributed by atoms with Crippen LogP contribution < -0.4 is 19.5 Å². The van der Waals surface area contributed by atoms with Crippen LogP contribution in [0, 0.1) is 0 Å². The number of benzene rings is 2. The molecule has 0 unspecified atom stereocenters. The van der Waals surface area contributed by atoms with E-state index in [1.807, 2.05) is 0 Å². The molecular formula is C22H22F3N3O7. The minimum absolute atomic E-state index is 0.00176. The van der Waals surface area contributed by atoms with Gasteiger partial charge in [0.05, 0.1) is 11.4 Å². The summed E-state index contributed by atoms with van der Waals surface area (Å²) in [5, 5.41) is 17.1. The molecule has 2 aromatic carbocycles. The summed E-state index contributed by atoms with van der Waals surface area (Å²) in [6, 6.07) is 9.64. The minimum Gasteiger partial charge on any atom is -0.477 e. The van der Waals surface area contributed by atoms with Gasteiger partial charge in [-0.15, -0.1) is 13.2 Å². The van der Waals surface area contributed by atoms with Crippen molar-refractivity contribution in [3.8, 4) is 28.5 Å². The number of aromatic carboxylic acids is 1. The van der Waals surface area contributed by atoms with Gasteiger partial charge in [0.15, 0.2) is 13.6 Å². The molecule has 0 spiro atoms. The van der Waals surface area contributed by atoms with Crippen molar-refractivity contribution in [2.24, 2.45) is 7.05 Å². The third-order valence-electron chi connectivity index (χ3n) is 4.49. The lowest BCUT2D eigenvalue weighted by Gasteiger charge is -2.16. The Hall–Kier alpha value is -3.97. The Labute approximate surface area is 197 Å². The summed E-state index contributed by atoms with van der Waals surface area (Å²) >= 11 is 0. The second-order valence-corrected chi connectivity index (χ2v) is 6.99. The maximum Gasteiger partial charge on any atom is 0.573 e. The zero-order valence-electron chi connectivity index (χ0n) is 18.9. The molecule has 1 heterocycles. The molecule has 2 N–H and O–H groups in total. The van der Waals surface area contributed by atoms with Crippen LogP contribution in [-0.4, -0.2) is 55.0 Å². The van der Waals surface area contributed by atoms with Crippen LogP contribution in [0.15, 0.2) is 42.5 Å². The third-order valence-corrected chi connectivity index (χ3v) is 4.49. The van der Waals surface area contributed by atoms with Crippen molar-refractivity contribution in [3.05, 3.63) is 48.0 Å². The van der Waals surface area contributed by atoms with E-state index < -0.39 is 12.3 Å². The highest BCUT2D eigenvalue weighted by Gasteiger charge is 2.31. The van der Waals surface area contributed by atoms with Gasteiger partial charge in [0.2, 0.25) is 0 Å². The molecule has 188 valence electrons. The molecule has 0 saturated carbocycles. The quantitative estimate of drug-likeness (QED) is 0.372. The first kappa shape index (κ1) is 25.6. The molecule has 0 aliphatic carbocycles. The second kappa shape index (κ2) is 11.0. The maximum absolute atomic E-state index is 12.4. The van der Waals surface area contributed by atoms with E-state index in [1.165, 1.54) is 55.3 Å². The molecule has 0 radical (unpaired) electrons. The summed E-state index contributed by atoms with van der Waals surface area (Å²) in [7, 11) is 4.44. The molecule has 13 heteroatoms. The van der Waals surface area contributed by atoms with Gasteiger partial charge in [0.25, 0.3) is 0 Å². The van der Waals surface area contributed by atoms with Crippen molar-refractivity contribution in [3.63, 3.8) is 0 Å². The number of anilines is 2. The van der Waals surface area contributed by atoms with Gasteiger partial charge in [-0.05, 0) is 24.3 Å². The fraction of sp³-hybridized carbons (Fsp3) is 0.273. The van der Waals surface area contributed by atoms with Crippen LogP contribution in [0.3, 0.4) is 0 Å². The van der Waals surface area contributed by atoms with Crippen LogP contribution >= 0.6 is 0 Å². The van der Waals surface area contributed by atoms with Crippen LogP contribution in [0.1, 0.15) is 10.4 Å². The molecule has 0 amide bonds. The van der Waals surface area contributed by atoms with Gasteiger partial charge in [0, 0.05) is 45.0 Å². The van der Waals surface area contributed by atoms with Crippen LogP contribution in [0.25, 0.3) is 11.3 Å². The van der Waals surface area contributed by atoms with Gasteiger partial charge in [-0.2, -0.15) is 5.10 Å². The molecular weight excluding hydrogens is 475 g/mol. The first-order chi connectivity index (χ1) is 16.6. The Morgan fingerprint density at radius 3 is 2.29 bits per heavy atom. The Balaban J connectivity index is 1.94. The predicted molar refractivity (Wildman–Crippen MR) is 117 cm³/mol. The van der Waals surface area contributed by atoms with E-state index in [9.17, 15) is 23.1 Å². The van der Waals surface area contributed by atoms with Gasteiger partial charge in [-0.3, -0.25) is 4.68 Å². The Morgan fingerprint density at radius 1 is 1.03 bits per heavy atom. The number of rotatable bonds is 11. The van der Waals surface area contributed by atoms with Gasteiger partial charge < -0.3 is 34.1 Å². The molecule has 10 nitrogen and oxygen atoms in total. The second-order valence-electron chi connectivity index (χ2n) is 6.99. The number of alkyl halides is 3. The lowest BCUT2D eigenvalue weighted by Crippen LogP contribution is -2.16. The molecule has 3 aromatic rings. The number of aryl methyl sites for hydroxylation is 1. The maximum atomic E-state index is 12.4. The lowest BCUT2D eigenvalue weighted by atomic mass is 10.1. The number of aromatic nitrogens is 2. The predicted octanol–water partition coefficient (Wildman–Crippen LogP) is 4.39. The van der Waals surface area contributed by atoms with Crippen LogP contribution in [0.4, 0.5) is 24.7 Å². The number of nitrogens with one attached hydrogen (secondary N) is 1. The smallest absolute Gasteiger partial charge is 0.477 e. The highest BCUT2D eigenvalue weighted by Crippen LogP contribution is 2.35. The zero-order chi connectivity index (χ0) is 25.6. The number of carbonyl (C=O) groups is 1. The Kier molecular flexibility index (Phi) is 8.04. The first-order valence-corrected chi connectivity index (χ1v) is 9.93. The zero-order valence-corrected chi connectivity index (χ0v) is 18.9. The average molecular weight is 497 g/mol.